The van der Waals surface area contributed by atoms with Crippen molar-refractivity contribution < 1.29 is 9.84 Å². The Bertz CT molecular complexity index is 869. The number of rotatable bonds is 5. The molecule has 0 spiro atoms. The number of aromatic hydroxyl groups is 1. The highest BCUT2D eigenvalue weighted by atomic mass is 16.5. The SMILES string of the molecule is CN1CCN(CCOc2ccc3ncc(-c4ccc(O)cc4)n3n2)CC1. The molecule has 3 heterocycles. The van der Waals surface area contributed by atoms with Crippen molar-refractivity contribution in [3.63, 3.8) is 0 Å². The molecular formula is C19H23N5O2. The van der Waals surface area contributed by atoms with E-state index in [0.29, 0.717) is 12.5 Å². The molecule has 0 aliphatic carbocycles. The van der Waals surface area contributed by atoms with Gasteiger partial charge in [0.25, 0.3) is 0 Å². The number of benzene rings is 1. The number of imidazole rings is 1. The van der Waals surface area contributed by atoms with E-state index in [2.05, 4.69) is 26.9 Å². The van der Waals surface area contributed by atoms with Crippen LogP contribution in [0.2, 0.25) is 0 Å². The summed E-state index contributed by atoms with van der Waals surface area (Å²) in [6.07, 6.45) is 1.78. The van der Waals surface area contributed by atoms with Crippen LogP contribution in [0, 0.1) is 0 Å². The van der Waals surface area contributed by atoms with Gasteiger partial charge in [0.2, 0.25) is 5.88 Å². The Balaban J connectivity index is 1.45. The first-order valence-corrected chi connectivity index (χ1v) is 8.87. The molecule has 136 valence electrons. The van der Waals surface area contributed by atoms with Crippen molar-refractivity contribution in [3.8, 4) is 22.9 Å². The maximum absolute atomic E-state index is 9.47. The van der Waals surface area contributed by atoms with Crippen molar-refractivity contribution in [1.29, 1.82) is 0 Å². The maximum Gasteiger partial charge on any atom is 0.231 e. The van der Waals surface area contributed by atoms with E-state index in [0.717, 1.165) is 49.6 Å². The van der Waals surface area contributed by atoms with Gasteiger partial charge in [-0.2, -0.15) is 0 Å². The van der Waals surface area contributed by atoms with Gasteiger partial charge in [0.15, 0.2) is 5.65 Å². The Labute approximate surface area is 152 Å². The van der Waals surface area contributed by atoms with Crippen molar-refractivity contribution in [3.05, 3.63) is 42.6 Å². The van der Waals surface area contributed by atoms with Crippen LogP contribution in [0.3, 0.4) is 0 Å². The van der Waals surface area contributed by atoms with Gasteiger partial charge in [0, 0.05) is 44.4 Å². The largest absolute Gasteiger partial charge is 0.508 e. The number of aromatic nitrogens is 3. The molecule has 7 heteroatoms. The lowest BCUT2D eigenvalue weighted by molar-refractivity contribution is 0.132. The molecule has 4 rings (SSSR count). The molecule has 0 atom stereocenters. The van der Waals surface area contributed by atoms with E-state index in [1.54, 1.807) is 22.8 Å². The number of hydrogen-bond acceptors (Lipinski definition) is 6. The number of piperazine rings is 1. The fraction of sp³-hybridized carbons (Fsp3) is 0.368. The third-order valence-corrected chi connectivity index (χ3v) is 4.75. The van der Waals surface area contributed by atoms with Crippen molar-refractivity contribution >= 4 is 5.65 Å². The Morgan fingerprint density at radius 1 is 1.04 bits per heavy atom. The zero-order valence-corrected chi connectivity index (χ0v) is 14.9. The molecule has 1 aliphatic heterocycles. The second kappa shape index (κ2) is 7.31. The van der Waals surface area contributed by atoms with E-state index in [-0.39, 0.29) is 5.75 Å². The topological polar surface area (TPSA) is 66.1 Å². The van der Waals surface area contributed by atoms with Gasteiger partial charge in [-0.15, -0.1) is 5.10 Å². The number of phenols is 1. The van der Waals surface area contributed by atoms with Gasteiger partial charge in [-0.05, 0) is 37.4 Å². The Morgan fingerprint density at radius 3 is 2.58 bits per heavy atom. The number of nitrogens with zero attached hydrogens (tertiary/aromatic N) is 5. The summed E-state index contributed by atoms with van der Waals surface area (Å²) in [6, 6.07) is 10.8. The van der Waals surface area contributed by atoms with Gasteiger partial charge in [-0.25, -0.2) is 9.50 Å². The van der Waals surface area contributed by atoms with E-state index in [1.165, 1.54) is 0 Å². The Morgan fingerprint density at radius 2 is 1.81 bits per heavy atom. The third kappa shape index (κ3) is 3.63. The molecule has 3 aromatic rings. The normalized spacial score (nSPS) is 16.2. The van der Waals surface area contributed by atoms with Crippen LogP contribution in [0.25, 0.3) is 16.9 Å². The summed E-state index contributed by atoms with van der Waals surface area (Å²) in [5, 5.41) is 14.0. The van der Waals surface area contributed by atoms with Gasteiger partial charge in [-0.1, -0.05) is 0 Å². The number of fused-ring (bicyclic) bond motifs is 1. The molecule has 0 radical (unpaired) electrons. The van der Waals surface area contributed by atoms with Crippen molar-refractivity contribution in [2.75, 3.05) is 46.4 Å². The van der Waals surface area contributed by atoms with Gasteiger partial charge in [0.1, 0.15) is 12.4 Å². The molecule has 7 nitrogen and oxygen atoms in total. The molecule has 2 aromatic heterocycles. The maximum atomic E-state index is 9.47. The van der Waals surface area contributed by atoms with Gasteiger partial charge in [0.05, 0.1) is 11.9 Å². The monoisotopic (exact) mass is 353 g/mol. The predicted octanol–water partition coefficient (Wildman–Crippen LogP) is 1.73. The summed E-state index contributed by atoms with van der Waals surface area (Å²) < 4.78 is 7.64. The van der Waals surface area contributed by atoms with E-state index in [9.17, 15) is 5.11 Å². The highest BCUT2D eigenvalue weighted by Crippen LogP contribution is 2.23. The molecule has 0 saturated carbocycles. The standard InChI is InChI=1S/C19H23N5O2/c1-22-8-10-23(11-9-22)12-13-26-19-7-6-18-20-14-17(24(18)21-19)15-2-4-16(25)5-3-15/h2-7,14,25H,8-13H2,1H3. The van der Waals surface area contributed by atoms with E-state index >= 15 is 0 Å². The lowest BCUT2D eigenvalue weighted by Gasteiger charge is -2.32. The second-order valence-corrected chi connectivity index (χ2v) is 6.63. The molecule has 0 bridgehead atoms. The van der Waals surface area contributed by atoms with Crippen LogP contribution < -0.4 is 4.74 Å². The Kier molecular flexibility index (Phi) is 4.73. The van der Waals surface area contributed by atoms with Gasteiger partial charge >= 0.3 is 0 Å². The molecule has 1 aliphatic rings. The smallest absolute Gasteiger partial charge is 0.231 e. The van der Waals surface area contributed by atoms with Crippen LogP contribution in [0.5, 0.6) is 11.6 Å². The summed E-state index contributed by atoms with van der Waals surface area (Å²) in [7, 11) is 2.16. The minimum absolute atomic E-state index is 0.239. The van der Waals surface area contributed by atoms with Crippen LogP contribution in [0.4, 0.5) is 0 Å². The summed E-state index contributed by atoms with van der Waals surface area (Å²) in [5.74, 6) is 0.827. The summed E-state index contributed by atoms with van der Waals surface area (Å²) in [5.41, 5.74) is 2.57. The predicted molar refractivity (Wildman–Crippen MR) is 99.5 cm³/mol. The van der Waals surface area contributed by atoms with Crippen LogP contribution >= 0.6 is 0 Å². The minimum Gasteiger partial charge on any atom is -0.508 e. The zero-order valence-electron chi connectivity index (χ0n) is 14.9. The lowest BCUT2D eigenvalue weighted by atomic mass is 10.2. The fourth-order valence-corrected chi connectivity index (χ4v) is 3.11. The van der Waals surface area contributed by atoms with E-state index in [4.69, 9.17) is 4.74 Å². The highest BCUT2D eigenvalue weighted by molar-refractivity contribution is 5.63. The van der Waals surface area contributed by atoms with Crippen molar-refractivity contribution in [1.82, 2.24) is 24.4 Å². The molecule has 1 N–H and O–H groups in total. The number of hydrogen-bond donors (Lipinski definition) is 1. The first kappa shape index (κ1) is 16.8. The molecule has 26 heavy (non-hydrogen) atoms. The van der Waals surface area contributed by atoms with Crippen molar-refractivity contribution in [2.45, 2.75) is 0 Å². The van der Waals surface area contributed by atoms with Crippen LogP contribution in [0.1, 0.15) is 0 Å². The van der Waals surface area contributed by atoms with Gasteiger partial charge < -0.3 is 14.7 Å². The average Bonchev–Trinajstić information content (AvgIpc) is 3.07. The lowest BCUT2D eigenvalue weighted by Crippen LogP contribution is -2.45. The quantitative estimate of drug-likeness (QED) is 0.754. The highest BCUT2D eigenvalue weighted by Gasteiger charge is 2.14. The van der Waals surface area contributed by atoms with E-state index in [1.807, 2.05) is 24.3 Å². The zero-order chi connectivity index (χ0) is 17.9. The molecular weight excluding hydrogens is 330 g/mol. The minimum atomic E-state index is 0.239. The third-order valence-electron chi connectivity index (χ3n) is 4.75. The summed E-state index contributed by atoms with van der Waals surface area (Å²) in [6.45, 7) is 5.90. The molecule has 0 amide bonds. The fourth-order valence-electron chi connectivity index (χ4n) is 3.11. The second-order valence-electron chi connectivity index (χ2n) is 6.63. The molecule has 1 saturated heterocycles. The number of ether oxygens (including phenoxy) is 1. The first-order valence-electron chi connectivity index (χ1n) is 8.87. The van der Waals surface area contributed by atoms with Crippen LogP contribution in [-0.4, -0.2) is 75.9 Å². The molecule has 1 fully saturated rings. The number of likely N-dealkylation sites (N-methyl/N-ethyl adjacent to an activating group) is 1. The summed E-state index contributed by atoms with van der Waals surface area (Å²) in [4.78, 5) is 9.15. The van der Waals surface area contributed by atoms with Crippen molar-refractivity contribution in [2.24, 2.45) is 0 Å². The Hall–Kier alpha value is -2.64. The van der Waals surface area contributed by atoms with Crippen LogP contribution in [-0.2, 0) is 0 Å². The summed E-state index contributed by atoms with van der Waals surface area (Å²) >= 11 is 0. The number of phenolic OH excluding ortho intramolecular Hbond substituents is 1. The first-order chi connectivity index (χ1) is 12.7. The average molecular weight is 353 g/mol. The van der Waals surface area contributed by atoms with E-state index < -0.39 is 0 Å². The molecule has 0 unspecified atom stereocenters. The van der Waals surface area contributed by atoms with Crippen LogP contribution in [0.15, 0.2) is 42.6 Å². The molecule has 1 aromatic carbocycles. The van der Waals surface area contributed by atoms with Gasteiger partial charge in [-0.3, -0.25) is 4.90 Å².